The molecule has 2 rings (SSSR count). The summed E-state index contributed by atoms with van der Waals surface area (Å²) in [5.41, 5.74) is 8.48. The molecule has 122 valence electrons. The molecular formula is C17H22N4OS. The van der Waals surface area contributed by atoms with E-state index in [4.69, 9.17) is 5.73 Å². The van der Waals surface area contributed by atoms with Crippen molar-refractivity contribution in [2.24, 2.45) is 0 Å². The molecule has 0 aliphatic carbocycles. The van der Waals surface area contributed by atoms with E-state index in [1.165, 1.54) is 11.8 Å². The Morgan fingerprint density at radius 3 is 2.57 bits per heavy atom. The number of carbonyl (C=O) groups excluding carboxylic acids is 1. The number of anilines is 2. The van der Waals surface area contributed by atoms with E-state index in [0.717, 1.165) is 16.9 Å². The molecule has 0 saturated heterocycles. The Labute approximate surface area is 141 Å². The lowest BCUT2D eigenvalue weighted by Crippen LogP contribution is -2.23. The van der Waals surface area contributed by atoms with Gasteiger partial charge in [0.25, 0.3) is 0 Å². The molecule has 1 unspecified atom stereocenters. The summed E-state index contributed by atoms with van der Waals surface area (Å²) in [6.07, 6.45) is 0. The zero-order valence-electron chi connectivity index (χ0n) is 13.8. The molecule has 1 heterocycles. The number of hydrogen-bond donors (Lipinski definition) is 2. The number of nitrogens with two attached hydrogens (primary N) is 1. The third-order valence-corrected chi connectivity index (χ3v) is 4.31. The Kier molecular flexibility index (Phi) is 5.60. The summed E-state index contributed by atoms with van der Waals surface area (Å²) in [4.78, 5) is 20.9. The number of para-hydroxylation sites is 1. The molecule has 23 heavy (non-hydrogen) atoms. The Hall–Kier alpha value is -2.08. The Morgan fingerprint density at radius 2 is 1.91 bits per heavy atom. The van der Waals surface area contributed by atoms with Crippen molar-refractivity contribution < 1.29 is 4.79 Å². The second kappa shape index (κ2) is 7.46. The fourth-order valence-electron chi connectivity index (χ4n) is 2.18. The van der Waals surface area contributed by atoms with Gasteiger partial charge in [-0.15, -0.1) is 0 Å². The van der Waals surface area contributed by atoms with Crippen molar-refractivity contribution in [3.63, 3.8) is 0 Å². The predicted molar refractivity (Wildman–Crippen MR) is 95.7 cm³/mol. The summed E-state index contributed by atoms with van der Waals surface area (Å²) in [5.74, 6) is 0.680. The van der Waals surface area contributed by atoms with Crippen LogP contribution in [0.2, 0.25) is 0 Å². The van der Waals surface area contributed by atoms with Crippen molar-refractivity contribution in [2.45, 2.75) is 44.0 Å². The summed E-state index contributed by atoms with van der Waals surface area (Å²) >= 11 is 1.30. The number of thioether (sulfide) groups is 1. The maximum absolute atomic E-state index is 12.4. The van der Waals surface area contributed by atoms with E-state index < -0.39 is 0 Å². The molecule has 0 saturated carbocycles. The standard InChI is InChI=1S/C17H22N4OS/c1-10(2)13-7-5-6-8-14(13)20-16(22)12(4)23-17-19-11(3)9-15(18)21-17/h5-10,12H,1-4H3,(H,20,22)(H2,18,19,21). The molecule has 1 atom stereocenters. The number of benzene rings is 1. The first kappa shape index (κ1) is 17.3. The monoisotopic (exact) mass is 330 g/mol. The minimum atomic E-state index is -0.323. The fraction of sp³-hybridized carbons (Fsp3) is 0.353. The van der Waals surface area contributed by atoms with Gasteiger partial charge in [-0.2, -0.15) is 0 Å². The highest BCUT2D eigenvalue weighted by Crippen LogP contribution is 2.26. The van der Waals surface area contributed by atoms with Gasteiger partial charge in [0.15, 0.2) is 5.16 Å². The maximum Gasteiger partial charge on any atom is 0.237 e. The van der Waals surface area contributed by atoms with Gasteiger partial charge < -0.3 is 11.1 Å². The first-order valence-electron chi connectivity index (χ1n) is 7.54. The van der Waals surface area contributed by atoms with E-state index in [-0.39, 0.29) is 11.2 Å². The Balaban J connectivity index is 2.08. The summed E-state index contributed by atoms with van der Waals surface area (Å²) in [7, 11) is 0. The molecule has 5 nitrogen and oxygen atoms in total. The smallest absolute Gasteiger partial charge is 0.237 e. The first-order chi connectivity index (χ1) is 10.9. The summed E-state index contributed by atoms with van der Waals surface area (Å²) in [6.45, 7) is 7.89. The Bertz CT molecular complexity index is 682. The number of aromatic nitrogens is 2. The van der Waals surface area contributed by atoms with Crippen LogP contribution in [0.15, 0.2) is 35.5 Å². The van der Waals surface area contributed by atoms with Crippen LogP contribution in [0.1, 0.15) is 37.9 Å². The predicted octanol–water partition coefficient (Wildman–Crippen LogP) is 3.61. The number of carbonyl (C=O) groups is 1. The van der Waals surface area contributed by atoms with Gasteiger partial charge in [-0.05, 0) is 31.4 Å². The topological polar surface area (TPSA) is 80.9 Å². The van der Waals surface area contributed by atoms with Gasteiger partial charge in [0, 0.05) is 17.4 Å². The molecule has 0 radical (unpaired) electrons. The lowest BCUT2D eigenvalue weighted by atomic mass is 10.0. The van der Waals surface area contributed by atoms with Crippen LogP contribution < -0.4 is 11.1 Å². The molecule has 1 aromatic carbocycles. The third kappa shape index (κ3) is 4.69. The quantitative estimate of drug-likeness (QED) is 0.646. The number of amides is 1. The largest absolute Gasteiger partial charge is 0.384 e. The average Bonchev–Trinajstić information content (AvgIpc) is 2.46. The number of hydrogen-bond acceptors (Lipinski definition) is 5. The fourth-order valence-corrected chi connectivity index (χ4v) is 3.01. The number of aryl methyl sites for hydroxylation is 1. The highest BCUT2D eigenvalue weighted by Gasteiger charge is 2.18. The molecule has 0 spiro atoms. The SMILES string of the molecule is Cc1cc(N)nc(SC(C)C(=O)Nc2ccccc2C(C)C)n1. The molecule has 0 aliphatic rings. The summed E-state index contributed by atoms with van der Waals surface area (Å²) < 4.78 is 0. The average molecular weight is 330 g/mol. The van der Waals surface area contributed by atoms with Crippen LogP contribution in [0.3, 0.4) is 0 Å². The van der Waals surface area contributed by atoms with E-state index in [9.17, 15) is 4.79 Å². The first-order valence-corrected chi connectivity index (χ1v) is 8.42. The van der Waals surface area contributed by atoms with Gasteiger partial charge in [-0.1, -0.05) is 43.8 Å². The van der Waals surface area contributed by atoms with Crippen molar-refractivity contribution in [2.75, 3.05) is 11.1 Å². The van der Waals surface area contributed by atoms with Crippen molar-refractivity contribution >= 4 is 29.2 Å². The molecular weight excluding hydrogens is 308 g/mol. The van der Waals surface area contributed by atoms with Crippen molar-refractivity contribution in [1.82, 2.24) is 9.97 Å². The zero-order chi connectivity index (χ0) is 17.0. The second-order valence-corrected chi connectivity index (χ2v) is 7.02. The van der Waals surface area contributed by atoms with E-state index in [0.29, 0.717) is 16.9 Å². The van der Waals surface area contributed by atoms with Crippen LogP contribution in [0.25, 0.3) is 0 Å². The third-order valence-electron chi connectivity index (χ3n) is 3.35. The van der Waals surface area contributed by atoms with Crippen LogP contribution in [-0.2, 0) is 4.79 Å². The number of nitrogens with one attached hydrogen (secondary N) is 1. The minimum Gasteiger partial charge on any atom is -0.384 e. The van der Waals surface area contributed by atoms with E-state index in [1.54, 1.807) is 6.07 Å². The maximum atomic E-state index is 12.4. The molecule has 0 bridgehead atoms. The van der Waals surface area contributed by atoms with Gasteiger partial charge >= 0.3 is 0 Å². The lowest BCUT2D eigenvalue weighted by Gasteiger charge is -2.16. The van der Waals surface area contributed by atoms with Crippen molar-refractivity contribution in [3.8, 4) is 0 Å². The Morgan fingerprint density at radius 1 is 1.22 bits per heavy atom. The number of nitrogens with zero attached hydrogens (tertiary/aromatic N) is 2. The molecule has 0 fully saturated rings. The van der Waals surface area contributed by atoms with Crippen molar-refractivity contribution in [3.05, 3.63) is 41.6 Å². The second-order valence-electron chi connectivity index (χ2n) is 5.71. The van der Waals surface area contributed by atoms with E-state index >= 15 is 0 Å². The van der Waals surface area contributed by atoms with Crippen LogP contribution in [0.5, 0.6) is 0 Å². The summed E-state index contributed by atoms with van der Waals surface area (Å²) in [5, 5.41) is 3.19. The lowest BCUT2D eigenvalue weighted by molar-refractivity contribution is -0.115. The van der Waals surface area contributed by atoms with E-state index in [2.05, 4.69) is 29.1 Å². The van der Waals surface area contributed by atoms with Crippen LogP contribution >= 0.6 is 11.8 Å². The molecule has 1 aromatic heterocycles. The van der Waals surface area contributed by atoms with Gasteiger partial charge in [0.05, 0.1) is 5.25 Å². The zero-order valence-corrected chi connectivity index (χ0v) is 14.6. The van der Waals surface area contributed by atoms with Crippen LogP contribution in [0.4, 0.5) is 11.5 Å². The molecule has 1 amide bonds. The van der Waals surface area contributed by atoms with Gasteiger partial charge in [0.2, 0.25) is 5.91 Å². The minimum absolute atomic E-state index is 0.0771. The number of rotatable bonds is 5. The van der Waals surface area contributed by atoms with Crippen LogP contribution in [0, 0.1) is 6.92 Å². The van der Waals surface area contributed by atoms with E-state index in [1.807, 2.05) is 38.1 Å². The number of nitrogen functional groups attached to an aromatic ring is 1. The normalized spacial score (nSPS) is 12.2. The highest BCUT2D eigenvalue weighted by molar-refractivity contribution is 8.00. The molecule has 6 heteroatoms. The van der Waals surface area contributed by atoms with Gasteiger partial charge in [-0.25, -0.2) is 9.97 Å². The molecule has 0 aliphatic heterocycles. The summed E-state index contributed by atoms with van der Waals surface area (Å²) in [6, 6.07) is 9.55. The molecule has 2 aromatic rings. The van der Waals surface area contributed by atoms with Crippen LogP contribution in [-0.4, -0.2) is 21.1 Å². The molecule has 3 N–H and O–H groups in total. The highest BCUT2D eigenvalue weighted by atomic mass is 32.2. The van der Waals surface area contributed by atoms with Gasteiger partial charge in [0.1, 0.15) is 5.82 Å². The van der Waals surface area contributed by atoms with Gasteiger partial charge in [-0.3, -0.25) is 4.79 Å². The van der Waals surface area contributed by atoms with Crippen molar-refractivity contribution in [1.29, 1.82) is 0 Å².